The number of nitrogens with one attached hydrogen (secondary N) is 1. The monoisotopic (exact) mass is 300 g/mol. The number of benzene rings is 1. The number of ether oxygens (including phenoxy) is 2. The van der Waals surface area contributed by atoms with E-state index in [2.05, 4.69) is 10.3 Å². The van der Waals surface area contributed by atoms with E-state index in [0.717, 1.165) is 0 Å². The van der Waals surface area contributed by atoms with Crippen LogP contribution in [-0.2, 0) is 9.53 Å². The van der Waals surface area contributed by atoms with E-state index in [1.165, 1.54) is 38.6 Å². The number of amides is 1. The van der Waals surface area contributed by atoms with Gasteiger partial charge in [-0.15, -0.1) is 0 Å². The van der Waals surface area contributed by atoms with Crippen molar-refractivity contribution in [3.8, 4) is 5.75 Å². The number of aromatic nitrogens is 1. The molecule has 6 heteroatoms. The molecule has 0 fully saturated rings. The number of anilines is 1. The Morgan fingerprint density at radius 2 is 1.82 bits per heavy atom. The lowest BCUT2D eigenvalue weighted by Crippen LogP contribution is -2.30. The van der Waals surface area contributed by atoms with Gasteiger partial charge >= 0.3 is 5.97 Å². The maximum atomic E-state index is 12.1. The number of pyridine rings is 1. The zero-order chi connectivity index (χ0) is 15.9. The SMILES string of the molecule is COc1ccccc1NC(=O)[C@@H](C)OC(=O)c1ccncc1. The summed E-state index contributed by atoms with van der Waals surface area (Å²) in [6, 6.07) is 10.0. The van der Waals surface area contributed by atoms with E-state index in [-0.39, 0.29) is 0 Å². The Labute approximate surface area is 128 Å². The maximum absolute atomic E-state index is 12.1. The fourth-order valence-corrected chi connectivity index (χ4v) is 1.75. The molecule has 0 unspecified atom stereocenters. The summed E-state index contributed by atoms with van der Waals surface area (Å²) in [6.07, 6.45) is 2.03. The Bertz CT molecular complexity index is 658. The van der Waals surface area contributed by atoms with Crippen LogP contribution >= 0.6 is 0 Å². The number of hydrogen-bond acceptors (Lipinski definition) is 5. The molecule has 22 heavy (non-hydrogen) atoms. The van der Waals surface area contributed by atoms with E-state index in [1.807, 2.05) is 0 Å². The van der Waals surface area contributed by atoms with E-state index < -0.39 is 18.0 Å². The van der Waals surface area contributed by atoms with E-state index in [4.69, 9.17) is 9.47 Å². The highest BCUT2D eigenvalue weighted by atomic mass is 16.5. The summed E-state index contributed by atoms with van der Waals surface area (Å²) in [5, 5.41) is 2.66. The molecule has 1 N–H and O–H groups in total. The molecule has 0 saturated heterocycles. The first kappa shape index (κ1) is 15.5. The topological polar surface area (TPSA) is 77.5 Å². The van der Waals surface area contributed by atoms with Gasteiger partial charge in [-0.3, -0.25) is 9.78 Å². The van der Waals surface area contributed by atoms with E-state index in [1.54, 1.807) is 24.3 Å². The van der Waals surface area contributed by atoms with Gasteiger partial charge < -0.3 is 14.8 Å². The maximum Gasteiger partial charge on any atom is 0.339 e. The Hall–Kier alpha value is -2.89. The fraction of sp³-hybridized carbons (Fsp3) is 0.188. The van der Waals surface area contributed by atoms with Crippen LogP contribution in [0, 0.1) is 0 Å². The van der Waals surface area contributed by atoms with Crippen molar-refractivity contribution in [1.29, 1.82) is 0 Å². The number of carbonyl (C=O) groups is 2. The Morgan fingerprint density at radius 1 is 1.14 bits per heavy atom. The van der Waals surface area contributed by atoms with Gasteiger partial charge in [-0.1, -0.05) is 12.1 Å². The van der Waals surface area contributed by atoms with Gasteiger partial charge in [0.25, 0.3) is 5.91 Å². The number of carbonyl (C=O) groups excluding carboxylic acids is 2. The number of methoxy groups -OCH3 is 1. The Kier molecular flexibility index (Phi) is 5.08. The number of hydrogen-bond donors (Lipinski definition) is 1. The lowest BCUT2D eigenvalue weighted by molar-refractivity contribution is -0.123. The van der Waals surface area contributed by atoms with Gasteiger partial charge in [0.15, 0.2) is 6.10 Å². The van der Waals surface area contributed by atoms with Crippen LogP contribution in [0.1, 0.15) is 17.3 Å². The first-order chi connectivity index (χ1) is 10.6. The third kappa shape index (κ3) is 3.82. The number of para-hydroxylation sites is 2. The lowest BCUT2D eigenvalue weighted by Gasteiger charge is -2.15. The molecule has 0 radical (unpaired) electrons. The second-order valence-corrected chi connectivity index (χ2v) is 4.47. The summed E-state index contributed by atoms with van der Waals surface area (Å²) in [4.78, 5) is 27.8. The molecule has 1 aromatic heterocycles. The fourth-order valence-electron chi connectivity index (χ4n) is 1.75. The second kappa shape index (κ2) is 7.21. The molecule has 114 valence electrons. The first-order valence-electron chi connectivity index (χ1n) is 6.66. The zero-order valence-electron chi connectivity index (χ0n) is 12.3. The van der Waals surface area contributed by atoms with Crippen molar-refractivity contribution in [2.45, 2.75) is 13.0 Å². The van der Waals surface area contributed by atoms with Gasteiger partial charge in [0.1, 0.15) is 5.75 Å². The molecule has 0 spiro atoms. The summed E-state index contributed by atoms with van der Waals surface area (Å²) in [5.74, 6) is -0.486. The molecule has 2 aromatic rings. The number of esters is 1. The number of nitrogens with zero attached hydrogens (tertiary/aromatic N) is 1. The van der Waals surface area contributed by atoms with Crippen LogP contribution in [0.25, 0.3) is 0 Å². The van der Waals surface area contributed by atoms with Crippen LogP contribution < -0.4 is 10.1 Å². The molecule has 1 atom stereocenters. The standard InChI is InChI=1S/C16H16N2O4/c1-11(22-16(20)12-7-9-17-10-8-12)15(19)18-13-5-3-4-6-14(13)21-2/h3-11H,1-2H3,(H,18,19)/t11-/m1/s1. The van der Waals surface area contributed by atoms with Crippen LogP contribution in [0.4, 0.5) is 5.69 Å². The quantitative estimate of drug-likeness (QED) is 0.857. The number of rotatable bonds is 5. The van der Waals surface area contributed by atoms with E-state index in [0.29, 0.717) is 17.0 Å². The normalized spacial score (nSPS) is 11.4. The van der Waals surface area contributed by atoms with Crippen molar-refractivity contribution in [2.24, 2.45) is 0 Å². The van der Waals surface area contributed by atoms with Crippen LogP contribution in [0.2, 0.25) is 0 Å². The molecule has 1 heterocycles. The molecule has 0 saturated carbocycles. The minimum Gasteiger partial charge on any atom is -0.495 e. The van der Waals surface area contributed by atoms with Gasteiger partial charge in [-0.2, -0.15) is 0 Å². The Balaban J connectivity index is 1.99. The van der Waals surface area contributed by atoms with Gasteiger partial charge in [0, 0.05) is 12.4 Å². The molecule has 0 bridgehead atoms. The third-order valence-electron chi connectivity index (χ3n) is 2.93. The minimum absolute atomic E-state index is 0.340. The largest absolute Gasteiger partial charge is 0.495 e. The average Bonchev–Trinajstić information content (AvgIpc) is 2.56. The van der Waals surface area contributed by atoms with Crippen molar-refractivity contribution < 1.29 is 19.1 Å². The molecule has 0 aliphatic heterocycles. The smallest absolute Gasteiger partial charge is 0.339 e. The first-order valence-corrected chi connectivity index (χ1v) is 6.66. The van der Waals surface area contributed by atoms with E-state index in [9.17, 15) is 9.59 Å². The summed E-state index contributed by atoms with van der Waals surface area (Å²) >= 11 is 0. The van der Waals surface area contributed by atoms with Crippen LogP contribution in [0.5, 0.6) is 5.75 Å². The summed E-state index contributed by atoms with van der Waals surface area (Å²) < 4.78 is 10.3. The van der Waals surface area contributed by atoms with Gasteiger partial charge in [0.2, 0.25) is 0 Å². The minimum atomic E-state index is -0.939. The molecule has 1 amide bonds. The molecule has 2 rings (SSSR count). The molecule has 0 aliphatic rings. The van der Waals surface area contributed by atoms with Crippen LogP contribution in [-0.4, -0.2) is 30.1 Å². The van der Waals surface area contributed by atoms with Crippen LogP contribution in [0.15, 0.2) is 48.8 Å². The van der Waals surface area contributed by atoms with Crippen molar-refractivity contribution in [3.05, 3.63) is 54.4 Å². The zero-order valence-corrected chi connectivity index (χ0v) is 12.3. The highest BCUT2D eigenvalue weighted by molar-refractivity contribution is 5.98. The molecule has 1 aromatic carbocycles. The predicted molar refractivity (Wildman–Crippen MR) is 80.7 cm³/mol. The Morgan fingerprint density at radius 3 is 2.50 bits per heavy atom. The van der Waals surface area contributed by atoms with Crippen LogP contribution in [0.3, 0.4) is 0 Å². The summed E-state index contributed by atoms with van der Waals surface area (Å²) in [7, 11) is 1.51. The van der Waals surface area contributed by atoms with Crippen molar-refractivity contribution in [2.75, 3.05) is 12.4 Å². The average molecular weight is 300 g/mol. The van der Waals surface area contributed by atoms with Gasteiger partial charge in [-0.25, -0.2) is 4.79 Å². The van der Waals surface area contributed by atoms with E-state index >= 15 is 0 Å². The van der Waals surface area contributed by atoms with Crippen molar-refractivity contribution >= 4 is 17.6 Å². The van der Waals surface area contributed by atoms with Gasteiger partial charge in [0.05, 0.1) is 18.4 Å². The summed E-state index contributed by atoms with van der Waals surface area (Å²) in [6.45, 7) is 1.50. The lowest BCUT2D eigenvalue weighted by atomic mass is 10.2. The van der Waals surface area contributed by atoms with Gasteiger partial charge in [-0.05, 0) is 31.2 Å². The predicted octanol–water partition coefficient (Wildman–Crippen LogP) is 2.27. The highest BCUT2D eigenvalue weighted by Crippen LogP contribution is 2.23. The molecule has 0 aliphatic carbocycles. The summed E-state index contributed by atoms with van der Waals surface area (Å²) in [5.41, 5.74) is 0.855. The molecular formula is C16H16N2O4. The molecular weight excluding hydrogens is 284 g/mol. The van der Waals surface area contributed by atoms with Crippen molar-refractivity contribution in [1.82, 2.24) is 4.98 Å². The third-order valence-corrected chi connectivity index (χ3v) is 2.93. The molecule has 6 nitrogen and oxygen atoms in total. The highest BCUT2D eigenvalue weighted by Gasteiger charge is 2.19. The van der Waals surface area contributed by atoms with Crippen molar-refractivity contribution in [3.63, 3.8) is 0 Å². The second-order valence-electron chi connectivity index (χ2n) is 4.47.